The van der Waals surface area contributed by atoms with Crippen LogP contribution >= 0.6 is 0 Å². The van der Waals surface area contributed by atoms with Crippen LogP contribution in [0.2, 0.25) is 0 Å². The summed E-state index contributed by atoms with van der Waals surface area (Å²) in [6, 6.07) is 15.3. The summed E-state index contributed by atoms with van der Waals surface area (Å²) in [5, 5.41) is 17.7. The van der Waals surface area contributed by atoms with E-state index in [0.717, 1.165) is 10.9 Å². The summed E-state index contributed by atoms with van der Waals surface area (Å²) >= 11 is 0. The van der Waals surface area contributed by atoms with Gasteiger partial charge in [0.25, 0.3) is 5.56 Å². The van der Waals surface area contributed by atoms with Crippen molar-refractivity contribution >= 4 is 34.1 Å². The van der Waals surface area contributed by atoms with Gasteiger partial charge < -0.3 is 20.5 Å². The van der Waals surface area contributed by atoms with Gasteiger partial charge in [-0.2, -0.15) is 5.26 Å². The number of anilines is 3. The Hall–Kier alpha value is -4.71. The molecule has 0 aliphatic heterocycles. The summed E-state index contributed by atoms with van der Waals surface area (Å²) in [6.45, 7) is 2.31. The highest BCUT2D eigenvalue weighted by Crippen LogP contribution is 2.26. The van der Waals surface area contributed by atoms with Crippen LogP contribution in [0.4, 0.5) is 26.4 Å². The molecule has 4 aromatic rings. The van der Waals surface area contributed by atoms with E-state index in [1.54, 1.807) is 48.1 Å². The molecule has 0 atom stereocenters. The maximum Gasteiger partial charge on any atom is 0.323 e. The number of aromatic nitrogens is 2. The highest BCUT2D eigenvalue weighted by Gasteiger charge is 2.15. The van der Waals surface area contributed by atoms with Crippen molar-refractivity contribution < 1.29 is 9.18 Å². The molecule has 34 heavy (non-hydrogen) atoms. The summed E-state index contributed by atoms with van der Waals surface area (Å²) in [4.78, 5) is 30.0. The van der Waals surface area contributed by atoms with Crippen LogP contribution in [0.1, 0.15) is 12.5 Å². The molecule has 0 saturated carbocycles. The molecule has 0 aliphatic carbocycles. The lowest BCUT2D eigenvalue weighted by atomic mass is 10.0. The molecule has 0 radical (unpaired) electrons. The fraction of sp³-hybridized carbons (Fsp3) is 0.120. The molecule has 170 valence electrons. The first-order valence-electron chi connectivity index (χ1n) is 10.5. The molecule has 0 aliphatic rings. The highest BCUT2D eigenvalue weighted by atomic mass is 19.1. The zero-order valence-electron chi connectivity index (χ0n) is 18.5. The van der Waals surface area contributed by atoms with Gasteiger partial charge >= 0.3 is 6.03 Å². The number of benzene rings is 2. The van der Waals surface area contributed by atoms with Crippen LogP contribution in [0.25, 0.3) is 22.0 Å². The van der Waals surface area contributed by atoms with Crippen LogP contribution in [-0.2, 0) is 6.54 Å². The Morgan fingerprint density at radius 1 is 1.15 bits per heavy atom. The average molecular weight is 456 g/mol. The number of carbonyl (C=O) groups excluding carboxylic acids is 1. The third kappa shape index (κ3) is 4.42. The van der Waals surface area contributed by atoms with E-state index in [2.05, 4.69) is 20.9 Å². The number of pyridine rings is 2. The Kier molecular flexibility index (Phi) is 6.23. The lowest BCUT2D eigenvalue weighted by molar-refractivity contribution is 0.262. The van der Waals surface area contributed by atoms with Gasteiger partial charge in [0.05, 0.1) is 22.8 Å². The van der Waals surface area contributed by atoms with Crippen LogP contribution in [0.5, 0.6) is 0 Å². The molecule has 0 unspecified atom stereocenters. The van der Waals surface area contributed by atoms with Crippen molar-refractivity contribution in [2.24, 2.45) is 0 Å². The van der Waals surface area contributed by atoms with Crippen molar-refractivity contribution in [3.8, 4) is 17.2 Å². The second-order valence-electron chi connectivity index (χ2n) is 7.45. The summed E-state index contributed by atoms with van der Waals surface area (Å²) in [5.41, 5.74) is 1.99. The van der Waals surface area contributed by atoms with Gasteiger partial charge in [0.1, 0.15) is 11.6 Å². The van der Waals surface area contributed by atoms with E-state index in [4.69, 9.17) is 5.26 Å². The molecular formula is C25H21FN6O2. The number of nitriles is 1. The van der Waals surface area contributed by atoms with Gasteiger partial charge in [-0.15, -0.1) is 0 Å². The molecule has 8 nitrogen and oxygen atoms in total. The molecule has 2 heterocycles. The normalized spacial score (nSPS) is 10.5. The van der Waals surface area contributed by atoms with Gasteiger partial charge in [0, 0.05) is 42.5 Å². The van der Waals surface area contributed by atoms with Crippen LogP contribution in [0.3, 0.4) is 0 Å². The summed E-state index contributed by atoms with van der Waals surface area (Å²) < 4.78 is 16.1. The average Bonchev–Trinajstić information content (AvgIpc) is 2.85. The fourth-order valence-corrected chi connectivity index (χ4v) is 3.67. The number of rotatable bonds is 5. The molecule has 2 aromatic heterocycles. The number of nitrogens with zero attached hydrogens (tertiary/aromatic N) is 3. The lowest BCUT2D eigenvalue weighted by Crippen LogP contribution is -2.22. The van der Waals surface area contributed by atoms with Crippen LogP contribution in [0.15, 0.2) is 65.6 Å². The van der Waals surface area contributed by atoms with E-state index in [0.29, 0.717) is 34.7 Å². The minimum absolute atomic E-state index is 0.0855. The number of hydrogen-bond acceptors (Lipinski definition) is 5. The standard InChI is InChI=1S/C25H21FN6O2/c1-3-32-22-12-23(28-2)29-14-17(22)10-19(24(32)33)16-7-8-20(26)21(11-16)31-25(34)30-18-6-4-5-15(9-18)13-27/h4-12,14H,3H2,1-2H3,(H,28,29)(H2,30,31,34). The molecule has 0 fully saturated rings. The molecule has 9 heteroatoms. The van der Waals surface area contributed by atoms with Gasteiger partial charge in [-0.05, 0) is 48.9 Å². The molecule has 0 bridgehead atoms. The minimum atomic E-state index is -0.681. The lowest BCUT2D eigenvalue weighted by Gasteiger charge is -2.14. The summed E-state index contributed by atoms with van der Waals surface area (Å²) in [5.74, 6) is -0.0111. The monoisotopic (exact) mass is 456 g/mol. The Morgan fingerprint density at radius 3 is 2.71 bits per heavy atom. The van der Waals surface area contributed by atoms with E-state index in [1.165, 1.54) is 24.3 Å². The van der Waals surface area contributed by atoms with Crippen LogP contribution in [0, 0.1) is 17.1 Å². The number of carbonyl (C=O) groups is 1. The second-order valence-corrected chi connectivity index (χ2v) is 7.45. The number of aryl methyl sites for hydroxylation is 1. The molecule has 2 amide bonds. The smallest absolute Gasteiger partial charge is 0.323 e. The molecular weight excluding hydrogens is 435 g/mol. The Balaban J connectivity index is 1.69. The maximum absolute atomic E-state index is 14.5. The number of urea groups is 1. The fourth-order valence-electron chi connectivity index (χ4n) is 3.67. The van der Waals surface area contributed by atoms with Gasteiger partial charge in [0.2, 0.25) is 0 Å². The molecule has 2 aromatic carbocycles. The maximum atomic E-state index is 14.5. The van der Waals surface area contributed by atoms with E-state index < -0.39 is 11.8 Å². The highest BCUT2D eigenvalue weighted by molar-refractivity contribution is 6.00. The van der Waals surface area contributed by atoms with Crippen molar-refractivity contribution in [3.63, 3.8) is 0 Å². The SMILES string of the molecule is CCn1c(=O)c(-c2ccc(F)c(NC(=O)Nc3cccc(C#N)c3)c2)cc2cnc(NC)cc21. The van der Waals surface area contributed by atoms with Crippen molar-refractivity contribution in [2.45, 2.75) is 13.5 Å². The molecule has 0 saturated heterocycles. The topological polar surface area (TPSA) is 112 Å². The van der Waals surface area contributed by atoms with Gasteiger partial charge in [0.15, 0.2) is 0 Å². The van der Waals surface area contributed by atoms with Crippen molar-refractivity contribution in [3.05, 3.63) is 82.5 Å². The first-order chi connectivity index (χ1) is 16.4. The number of amides is 2. The number of halogens is 1. The van der Waals surface area contributed by atoms with Crippen LogP contribution < -0.4 is 21.5 Å². The number of hydrogen-bond donors (Lipinski definition) is 3. The quantitative estimate of drug-likeness (QED) is 0.400. The van der Waals surface area contributed by atoms with E-state index in [-0.39, 0.29) is 11.2 Å². The molecule has 3 N–H and O–H groups in total. The van der Waals surface area contributed by atoms with Gasteiger partial charge in [-0.25, -0.2) is 14.2 Å². The predicted octanol–water partition coefficient (Wildman–Crippen LogP) is 4.78. The van der Waals surface area contributed by atoms with Gasteiger partial charge in [-0.1, -0.05) is 12.1 Å². The van der Waals surface area contributed by atoms with Crippen molar-refractivity contribution in [1.82, 2.24) is 9.55 Å². The Morgan fingerprint density at radius 2 is 1.97 bits per heavy atom. The van der Waals surface area contributed by atoms with Crippen molar-refractivity contribution in [2.75, 3.05) is 23.0 Å². The van der Waals surface area contributed by atoms with E-state index in [9.17, 15) is 14.0 Å². The summed E-state index contributed by atoms with van der Waals surface area (Å²) in [7, 11) is 1.75. The minimum Gasteiger partial charge on any atom is -0.373 e. The van der Waals surface area contributed by atoms with Crippen molar-refractivity contribution in [1.29, 1.82) is 5.26 Å². The predicted molar refractivity (Wildman–Crippen MR) is 130 cm³/mol. The number of fused-ring (bicyclic) bond motifs is 1. The first-order valence-corrected chi connectivity index (χ1v) is 10.5. The third-order valence-corrected chi connectivity index (χ3v) is 5.33. The Bertz CT molecular complexity index is 1510. The third-order valence-electron chi connectivity index (χ3n) is 5.33. The zero-order valence-corrected chi connectivity index (χ0v) is 18.5. The summed E-state index contributed by atoms with van der Waals surface area (Å²) in [6.07, 6.45) is 1.67. The van der Waals surface area contributed by atoms with E-state index >= 15 is 0 Å². The largest absolute Gasteiger partial charge is 0.373 e. The second kappa shape index (κ2) is 9.42. The van der Waals surface area contributed by atoms with Gasteiger partial charge in [-0.3, -0.25) is 4.79 Å². The number of nitrogens with one attached hydrogen (secondary N) is 3. The Labute approximate surface area is 194 Å². The van der Waals surface area contributed by atoms with Crippen LogP contribution in [-0.4, -0.2) is 22.6 Å². The molecule has 0 spiro atoms. The zero-order chi connectivity index (χ0) is 24.2. The molecule has 4 rings (SSSR count). The van der Waals surface area contributed by atoms with E-state index in [1.807, 2.05) is 13.0 Å². The first kappa shape index (κ1) is 22.5.